The molecule has 4 heteroatoms. The van der Waals surface area contributed by atoms with E-state index in [0.29, 0.717) is 39.3 Å². The van der Waals surface area contributed by atoms with Crippen molar-refractivity contribution < 1.29 is 4.79 Å². The van der Waals surface area contributed by atoms with E-state index in [4.69, 9.17) is 23.2 Å². The second kappa shape index (κ2) is 5.90. The highest BCUT2D eigenvalue weighted by Gasteiger charge is 2.43. The predicted octanol–water partition coefficient (Wildman–Crippen LogP) is 5.34. The van der Waals surface area contributed by atoms with E-state index in [1.165, 1.54) is 18.4 Å². The van der Waals surface area contributed by atoms with Crippen molar-refractivity contribution in [3.63, 3.8) is 0 Å². The molecule has 0 radical (unpaired) electrons. The van der Waals surface area contributed by atoms with Gasteiger partial charge in [-0.1, -0.05) is 29.3 Å². The Morgan fingerprint density at radius 2 is 2.10 bits per heavy atom. The molecular weight excluding hydrogens is 311 g/mol. The quantitative estimate of drug-likeness (QED) is 0.744. The second-order valence-electron chi connectivity index (χ2n) is 5.96. The SMILES string of the molecule is CC(=O)CC1C2CCC(CC1c1ccc(Cl)c(Cl)c1)S2. The molecule has 4 unspecified atom stereocenters. The predicted molar refractivity (Wildman–Crippen MR) is 87.0 cm³/mol. The van der Waals surface area contributed by atoms with E-state index in [2.05, 4.69) is 17.8 Å². The lowest BCUT2D eigenvalue weighted by Crippen LogP contribution is -2.29. The maximum atomic E-state index is 11.6. The van der Waals surface area contributed by atoms with Crippen molar-refractivity contribution in [1.29, 1.82) is 0 Å². The van der Waals surface area contributed by atoms with Crippen LogP contribution in [0.4, 0.5) is 0 Å². The van der Waals surface area contributed by atoms with Gasteiger partial charge in [-0.15, -0.1) is 0 Å². The Morgan fingerprint density at radius 1 is 1.30 bits per heavy atom. The van der Waals surface area contributed by atoms with E-state index in [1.807, 2.05) is 12.1 Å². The van der Waals surface area contributed by atoms with Crippen molar-refractivity contribution >= 4 is 40.7 Å². The molecule has 2 saturated heterocycles. The third-order valence-electron chi connectivity index (χ3n) is 4.55. The Morgan fingerprint density at radius 3 is 2.80 bits per heavy atom. The van der Waals surface area contributed by atoms with Gasteiger partial charge in [0, 0.05) is 16.9 Å². The first-order valence-electron chi connectivity index (χ1n) is 7.14. The van der Waals surface area contributed by atoms with Gasteiger partial charge in [-0.3, -0.25) is 0 Å². The Balaban J connectivity index is 1.91. The van der Waals surface area contributed by atoms with Gasteiger partial charge in [0.05, 0.1) is 10.0 Å². The zero-order valence-electron chi connectivity index (χ0n) is 11.4. The number of halogens is 2. The fourth-order valence-corrected chi connectivity index (χ4v) is 5.82. The molecule has 1 aromatic rings. The van der Waals surface area contributed by atoms with Crippen LogP contribution in [-0.2, 0) is 4.79 Å². The number of rotatable bonds is 3. The van der Waals surface area contributed by atoms with E-state index < -0.39 is 0 Å². The summed E-state index contributed by atoms with van der Waals surface area (Å²) < 4.78 is 0. The summed E-state index contributed by atoms with van der Waals surface area (Å²) in [6.45, 7) is 1.71. The first-order valence-corrected chi connectivity index (χ1v) is 8.84. The van der Waals surface area contributed by atoms with E-state index in [1.54, 1.807) is 6.92 Å². The van der Waals surface area contributed by atoms with Gasteiger partial charge in [0.15, 0.2) is 0 Å². The van der Waals surface area contributed by atoms with Crippen LogP contribution in [0.15, 0.2) is 18.2 Å². The number of ketones is 1. The minimum absolute atomic E-state index is 0.297. The number of hydrogen-bond donors (Lipinski definition) is 0. The molecule has 2 aliphatic heterocycles. The van der Waals surface area contributed by atoms with Crippen LogP contribution >= 0.6 is 35.0 Å². The molecule has 0 amide bonds. The minimum Gasteiger partial charge on any atom is -0.300 e. The number of Topliss-reactive ketones (excluding diaryl/α,β-unsaturated/α-hetero) is 1. The molecule has 4 atom stereocenters. The van der Waals surface area contributed by atoms with Gasteiger partial charge in [0.1, 0.15) is 5.78 Å². The number of carbonyl (C=O) groups excluding carboxylic acids is 1. The van der Waals surface area contributed by atoms with E-state index >= 15 is 0 Å². The molecular formula is C16H18Cl2OS. The Hall–Kier alpha value is -0.180. The summed E-state index contributed by atoms with van der Waals surface area (Å²) in [7, 11) is 0. The van der Waals surface area contributed by atoms with Gasteiger partial charge < -0.3 is 4.79 Å². The van der Waals surface area contributed by atoms with Gasteiger partial charge in [-0.25, -0.2) is 0 Å². The fraction of sp³-hybridized carbons (Fsp3) is 0.562. The molecule has 0 aromatic heterocycles. The van der Waals surface area contributed by atoms with Gasteiger partial charge in [-0.2, -0.15) is 11.8 Å². The van der Waals surface area contributed by atoms with Crippen LogP contribution in [-0.4, -0.2) is 16.3 Å². The third kappa shape index (κ3) is 2.88. The van der Waals surface area contributed by atoms with E-state index in [-0.39, 0.29) is 0 Å². The highest BCUT2D eigenvalue weighted by molar-refractivity contribution is 8.00. The fourth-order valence-electron chi connectivity index (χ4n) is 3.67. The number of hydrogen-bond acceptors (Lipinski definition) is 2. The highest BCUT2D eigenvalue weighted by atomic mass is 35.5. The molecule has 2 fully saturated rings. The number of fused-ring (bicyclic) bond motifs is 2. The largest absolute Gasteiger partial charge is 0.300 e. The van der Waals surface area contributed by atoms with Gasteiger partial charge in [-0.05, 0) is 55.7 Å². The summed E-state index contributed by atoms with van der Waals surface area (Å²) in [5, 5.41) is 2.61. The topological polar surface area (TPSA) is 17.1 Å². The average molecular weight is 329 g/mol. The molecule has 1 nitrogen and oxygen atoms in total. The molecule has 2 bridgehead atoms. The first-order chi connectivity index (χ1) is 9.54. The Kier molecular flexibility index (Phi) is 4.35. The lowest BCUT2D eigenvalue weighted by Gasteiger charge is -2.36. The van der Waals surface area contributed by atoms with Gasteiger partial charge >= 0.3 is 0 Å². The zero-order chi connectivity index (χ0) is 14.3. The first kappa shape index (κ1) is 14.7. The second-order valence-corrected chi connectivity index (χ2v) is 8.32. The van der Waals surface area contributed by atoms with Crippen LogP contribution in [0, 0.1) is 5.92 Å². The molecule has 2 aliphatic rings. The van der Waals surface area contributed by atoms with Crippen LogP contribution in [0.5, 0.6) is 0 Å². The van der Waals surface area contributed by atoms with Crippen molar-refractivity contribution in [2.24, 2.45) is 5.92 Å². The van der Waals surface area contributed by atoms with Crippen LogP contribution in [0.3, 0.4) is 0 Å². The molecule has 0 spiro atoms. The highest BCUT2D eigenvalue weighted by Crippen LogP contribution is 2.53. The maximum Gasteiger partial charge on any atom is 0.130 e. The molecule has 0 N–H and O–H groups in total. The molecule has 1 aromatic carbocycles. The summed E-state index contributed by atoms with van der Waals surface area (Å²) in [5.74, 6) is 1.20. The molecule has 20 heavy (non-hydrogen) atoms. The summed E-state index contributed by atoms with van der Waals surface area (Å²) in [4.78, 5) is 11.6. The van der Waals surface area contributed by atoms with Crippen molar-refractivity contribution in [2.75, 3.05) is 0 Å². The summed E-state index contributed by atoms with van der Waals surface area (Å²) in [6.07, 6.45) is 4.40. The Bertz CT molecular complexity index is 531. The molecule has 0 aliphatic carbocycles. The van der Waals surface area contributed by atoms with Crippen molar-refractivity contribution in [1.82, 2.24) is 0 Å². The standard InChI is InChI=1S/C16H18Cl2OS/c1-9(19)6-13-12(8-11-3-5-16(13)20-11)10-2-4-14(17)15(18)7-10/h2,4,7,11-13,16H,3,5-6,8H2,1H3. The Labute approximate surface area is 134 Å². The number of benzene rings is 1. The average Bonchev–Trinajstić information content (AvgIpc) is 2.79. The molecule has 2 heterocycles. The lowest BCUT2D eigenvalue weighted by molar-refractivity contribution is -0.118. The smallest absolute Gasteiger partial charge is 0.130 e. The normalized spacial score (nSPS) is 32.4. The van der Waals surface area contributed by atoms with Crippen LogP contribution in [0.25, 0.3) is 0 Å². The van der Waals surface area contributed by atoms with Crippen molar-refractivity contribution in [2.45, 2.75) is 49.0 Å². The summed E-state index contributed by atoms with van der Waals surface area (Å²) in [6, 6.07) is 5.96. The number of carbonyl (C=O) groups is 1. The van der Waals surface area contributed by atoms with Crippen molar-refractivity contribution in [3.05, 3.63) is 33.8 Å². The van der Waals surface area contributed by atoms with Crippen molar-refractivity contribution in [3.8, 4) is 0 Å². The maximum absolute atomic E-state index is 11.6. The molecule has 3 rings (SSSR count). The lowest BCUT2D eigenvalue weighted by atomic mass is 9.79. The monoisotopic (exact) mass is 328 g/mol. The van der Waals surface area contributed by atoms with Crippen LogP contribution < -0.4 is 0 Å². The third-order valence-corrected chi connectivity index (χ3v) is 7.03. The minimum atomic E-state index is 0.297. The van der Waals surface area contributed by atoms with Crippen LogP contribution in [0.1, 0.15) is 44.1 Å². The van der Waals surface area contributed by atoms with E-state index in [0.717, 1.165) is 11.7 Å². The number of thioether (sulfide) groups is 1. The molecule has 108 valence electrons. The summed E-state index contributed by atoms with van der Waals surface area (Å²) >= 11 is 14.3. The van der Waals surface area contributed by atoms with Gasteiger partial charge in [0.25, 0.3) is 0 Å². The zero-order valence-corrected chi connectivity index (χ0v) is 13.8. The van der Waals surface area contributed by atoms with E-state index in [9.17, 15) is 4.79 Å². The van der Waals surface area contributed by atoms with Crippen LogP contribution in [0.2, 0.25) is 10.0 Å². The van der Waals surface area contributed by atoms with Gasteiger partial charge in [0.2, 0.25) is 0 Å². The summed E-state index contributed by atoms with van der Waals surface area (Å²) in [5.41, 5.74) is 1.25. The molecule has 0 saturated carbocycles.